The lowest BCUT2D eigenvalue weighted by molar-refractivity contribution is -0.0136. The summed E-state index contributed by atoms with van der Waals surface area (Å²) in [6.45, 7) is 1.88. The Labute approximate surface area is 114 Å². The summed E-state index contributed by atoms with van der Waals surface area (Å²) in [4.78, 5) is 12.1. The van der Waals surface area contributed by atoms with Crippen molar-refractivity contribution >= 4 is 6.03 Å². The first-order valence-electron chi connectivity index (χ1n) is 7.54. The molecule has 2 amide bonds. The first kappa shape index (κ1) is 12.8. The number of hydrogen-bond acceptors (Lipinski definition) is 2. The SMILES string of the molecule is CC(CC#N)NC(=O)NC12CC3CC(CC(C3)C1)C2. The van der Waals surface area contributed by atoms with E-state index in [4.69, 9.17) is 5.26 Å². The zero-order valence-electron chi connectivity index (χ0n) is 11.6. The van der Waals surface area contributed by atoms with Crippen molar-refractivity contribution in [1.29, 1.82) is 5.26 Å². The predicted molar refractivity (Wildman–Crippen MR) is 72.3 cm³/mol. The van der Waals surface area contributed by atoms with E-state index >= 15 is 0 Å². The number of nitrogens with zero attached hydrogens (tertiary/aromatic N) is 1. The van der Waals surface area contributed by atoms with E-state index < -0.39 is 0 Å². The van der Waals surface area contributed by atoms with Gasteiger partial charge in [-0.25, -0.2) is 4.79 Å². The molecule has 0 spiro atoms. The summed E-state index contributed by atoms with van der Waals surface area (Å²) in [5.41, 5.74) is 0.0607. The maximum absolute atomic E-state index is 12.1. The summed E-state index contributed by atoms with van der Waals surface area (Å²) in [7, 11) is 0. The van der Waals surface area contributed by atoms with Gasteiger partial charge in [-0.1, -0.05) is 0 Å². The van der Waals surface area contributed by atoms with Crippen LogP contribution in [0.15, 0.2) is 0 Å². The minimum absolute atomic E-state index is 0.0607. The van der Waals surface area contributed by atoms with Crippen LogP contribution in [0.25, 0.3) is 0 Å². The smallest absolute Gasteiger partial charge is 0.315 e. The summed E-state index contributed by atoms with van der Waals surface area (Å²) in [6.07, 6.45) is 8.01. The molecule has 1 atom stereocenters. The average molecular weight is 261 g/mol. The number of nitriles is 1. The van der Waals surface area contributed by atoms with Crippen molar-refractivity contribution in [2.75, 3.05) is 0 Å². The Balaban J connectivity index is 1.60. The summed E-state index contributed by atoms with van der Waals surface area (Å²) < 4.78 is 0. The minimum atomic E-state index is -0.0790. The molecule has 0 saturated heterocycles. The largest absolute Gasteiger partial charge is 0.335 e. The van der Waals surface area contributed by atoms with Gasteiger partial charge in [0.05, 0.1) is 12.5 Å². The standard InChI is InChI=1S/C15H23N3O/c1-10(2-3-16)17-14(19)18-15-7-11-4-12(8-15)6-13(5-11)9-15/h10-13H,2,4-9H2,1H3,(H2,17,18,19). The molecule has 0 aromatic carbocycles. The molecule has 0 aliphatic heterocycles. The van der Waals surface area contributed by atoms with Crippen LogP contribution < -0.4 is 10.6 Å². The number of hydrogen-bond donors (Lipinski definition) is 2. The summed E-state index contributed by atoms with van der Waals surface area (Å²) in [5.74, 6) is 2.51. The molecule has 19 heavy (non-hydrogen) atoms. The van der Waals surface area contributed by atoms with Crippen molar-refractivity contribution < 1.29 is 4.79 Å². The fourth-order valence-corrected chi connectivity index (χ4v) is 4.95. The molecule has 4 aliphatic carbocycles. The monoisotopic (exact) mass is 261 g/mol. The maximum Gasteiger partial charge on any atom is 0.315 e. The second-order valence-electron chi connectivity index (χ2n) is 7.06. The van der Waals surface area contributed by atoms with E-state index in [1.54, 1.807) is 0 Å². The highest BCUT2D eigenvalue weighted by Gasteiger charge is 2.51. The van der Waals surface area contributed by atoms with Crippen LogP contribution >= 0.6 is 0 Å². The Kier molecular flexibility index (Phi) is 3.16. The van der Waals surface area contributed by atoms with E-state index in [0.717, 1.165) is 17.8 Å². The van der Waals surface area contributed by atoms with Gasteiger partial charge in [0.1, 0.15) is 0 Å². The Morgan fingerprint density at radius 1 is 1.26 bits per heavy atom. The maximum atomic E-state index is 12.1. The zero-order chi connectivity index (χ0) is 13.5. The molecule has 0 aromatic heterocycles. The molecule has 2 N–H and O–H groups in total. The van der Waals surface area contributed by atoms with Crippen molar-refractivity contribution in [2.24, 2.45) is 17.8 Å². The van der Waals surface area contributed by atoms with Gasteiger partial charge in [-0.3, -0.25) is 0 Å². The zero-order valence-corrected chi connectivity index (χ0v) is 11.6. The van der Waals surface area contributed by atoms with E-state index in [1.165, 1.54) is 38.5 Å². The van der Waals surface area contributed by atoms with Crippen LogP contribution in [0.4, 0.5) is 4.79 Å². The molecule has 0 radical (unpaired) electrons. The van der Waals surface area contributed by atoms with Gasteiger partial charge in [-0.15, -0.1) is 0 Å². The number of carbonyl (C=O) groups excluding carboxylic acids is 1. The van der Waals surface area contributed by atoms with E-state index in [-0.39, 0.29) is 17.6 Å². The highest BCUT2D eigenvalue weighted by Crippen LogP contribution is 2.55. The summed E-state index contributed by atoms with van der Waals surface area (Å²) >= 11 is 0. The predicted octanol–water partition coefficient (Wildman–Crippen LogP) is 2.56. The van der Waals surface area contributed by atoms with Crippen molar-refractivity contribution in [3.63, 3.8) is 0 Å². The van der Waals surface area contributed by atoms with Crippen molar-refractivity contribution in [3.05, 3.63) is 0 Å². The molecule has 1 unspecified atom stereocenters. The van der Waals surface area contributed by atoms with Crippen LogP contribution in [0.3, 0.4) is 0 Å². The van der Waals surface area contributed by atoms with Gasteiger partial charge < -0.3 is 10.6 Å². The number of urea groups is 1. The van der Waals surface area contributed by atoms with Crippen LogP contribution in [0.2, 0.25) is 0 Å². The molecule has 4 saturated carbocycles. The Morgan fingerprint density at radius 2 is 1.79 bits per heavy atom. The molecule has 104 valence electrons. The van der Waals surface area contributed by atoms with E-state index in [1.807, 2.05) is 6.92 Å². The fraction of sp³-hybridized carbons (Fsp3) is 0.867. The second-order valence-corrected chi connectivity index (χ2v) is 7.06. The first-order valence-corrected chi connectivity index (χ1v) is 7.54. The van der Waals surface area contributed by atoms with E-state index in [9.17, 15) is 4.79 Å². The van der Waals surface area contributed by atoms with Crippen LogP contribution in [-0.4, -0.2) is 17.6 Å². The van der Waals surface area contributed by atoms with Crippen LogP contribution in [-0.2, 0) is 0 Å². The molecule has 4 heteroatoms. The Bertz CT molecular complexity index is 377. The molecule has 4 nitrogen and oxygen atoms in total. The number of amides is 2. The van der Waals surface area contributed by atoms with E-state index in [2.05, 4.69) is 16.7 Å². The average Bonchev–Trinajstić information content (AvgIpc) is 2.25. The minimum Gasteiger partial charge on any atom is -0.335 e. The van der Waals surface area contributed by atoms with Gasteiger partial charge >= 0.3 is 6.03 Å². The Hall–Kier alpha value is -1.24. The van der Waals surface area contributed by atoms with Gasteiger partial charge in [-0.05, 0) is 63.2 Å². The highest BCUT2D eigenvalue weighted by molar-refractivity contribution is 5.75. The molecular weight excluding hydrogens is 238 g/mol. The normalized spacial score (nSPS) is 40.5. The summed E-state index contributed by atoms with van der Waals surface area (Å²) in [5, 5.41) is 14.8. The van der Waals surface area contributed by atoms with Crippen LogP contribution in [0, 0.1) is 29.1 Å². The van der Waals surface area contributed by atoms with Gasteiger partial charge in [0.15, 0.2) is 0 Å². The molecule has 4 rings (SSSR count). The van der Waals surface area contributed by atoms with Crippen molar-refractivity contribution in [1.82, 2.24) is 10.6 Å². The Morgan fingerprint density at radius 3 is 2.26 bits per heavy atom. The molecular formula is C15H23N3O. The van der Waals surface area contributed by atoms with Gasteiger partial charge in [0.25, 0.3) is 0 Å². The first-order chi connectivity index (χ1) is 9.08. The van der Waals surface area contributed by atoms with Crippen LogP contribution in [0.1, 0.15) is 51.9 Å². The second kappa shape index (κ2) is 4.70. The van der Waals surface area contributed by atoms with Crippen LogP contribution in [0.5, 0.6) is 0 Å². The molecule has 0 aromatic rings. The number of carbonyl (C=O) groups is 1. The van der Waals surface area contributed by atoms with Crippen molar-refractivity contribution in [2.45, 2.75) is 63.5 Å². The molecule has 0 heterocycles. The molecule has 4 bridgehead atoms. The fourth-order valence-electron chi connectivity index (χ4n) is 4.95. The topological polar surface area (TPSA) is 64.9 Å². The van der Waals surface area contributed by atoms with E-state index in [0.29, 0.717) is 6.42 Å². The molecule has 4 aliphatic rings. The third kappa shape index (κ3) is 2.56. The summed E-state index contributed by atoms with van der Waals surface area (Å²) in [6, 6.07) is 1.94. The highest BCUT2D eigenvalue weighted by atomic mass is 16.2. The lowest BCUT2D eigenvalue weighted by atomic mass is 9.53. The third-order valence-electron chi connectivity index (χ3n) is 5.19. The van der Waals surface area contributed by atoms with Gasteiger partial charge in [0, 0.05) is 11.6 Å². The third-order valence-corrected chi connectivity index (χ3v) is 5.19. The quantitative estimate of drug-likeness (QED) is 0.820. The van der Waals surface area contributed by atoms with Gasteiger partial charge in [-0.2, -0.15) is 5.26 Å². The lowest BCUT2D eigenvalue weighted by Crippen LogP contribution is -2.62. The molecule has 4 fully saturated rings. The van der Waals surface area contributed by atoms with Crippen molar-refractivity contribution in [3.8, 4) is 6.07 Å². The number of rotatable bonds is 3. The number of nitrogens with one attached hydrogen (secondary N) is 2. The lowest BCUT2D eigenvalue weighted by Gasteiger charge is -2.56. The van der Waals surface area contributed by atoms with Gasteiger partial charge in [0.2, 0.25) is 0 Å².